The zero-order valence-corrected chi connectivity index (χ0v) is 15.6. The molecule has 7 heteroatoms. The van der Waals surface area contributed by atoms with E-state index in [2.05, 4.69) is 5.32 Å². The molecule has 142 valence electrons. The second-order valence-corrected chi connectivity index (χ2v) is 6.96. The van der Waals surface area contributed by atoms with Gasteiger partial charge < -0.3 is 24.4 Å². The summed E-state index contributed by atoms with van der Waals surface area (Å²) in [5.74, 6) is 1.53. The third-order valence-corrected chi connectivity index (χ3v) is 4.97. The molecular weight excluding hydrogens is 368 g/mol. The van der Waals surface area contributed by atoms with Gasteiger partial charge in [0.25, 0.3) is 0 Å². The van der Waals surface area contributed by atoms with Crippen molar-refractivity contribution in [2.75, 3.05) is 33.0 Å². The van der Waals surface area contributed by atoms with Crippen molar-refractivity contribution in [3.8, 4) is 11.5 Å². The van der Waals surface area contributed by atoms with Crippen molar-refractivity contribution in [1.82, 2.24) is 10.2 Å². The third-order valence-electron chi connectivity index (χ3n) is 4.72. The minimum absolute atomic E-state index is 0.0713. The van der Waals surface area contributed by atoms with Crippen molar-refractivity contribution in [2.45, 2.75) is 12.5 Å². The van der Waals surface area contributed by atoms with Gasteiger partial charge in [-0.2, -0.15) is 0 Å². The Morgan fingerprint density at radius 1 is 1.15 bits per heavy atom. The Labute approximate surface area is 163 Å². The second kappa shape index (κ2) is 8.06. The fraction of sp³-hybridized carbons (Fsp3) is 0.350. The van der Waals surface area contributed by atoms with Gasteiger partial charge in [-0.25, -0.2) is 4.79 Å². The van der Waals surface area contributed by atoms with Gasteiger partial charge in [0.2, 0.25) is 6.79 Å². The van der Waals surface area contributed by atoms with E-state index in [0.717, 1.165) is 29.0 Å². The van der Waals surface area contributed by atoms with Crippen LogP contribution in [0.15, 0.2) is 42.5 Å². The molecule has 27 heavy (non-hydrogen) atoms. The fourth-order valence-corrected chi connectivity index (χ4v) is 3.36. The predicted molar refractivity (Wildman–Crippen MR) is 101 cm³/mol. The van der Waals surface area contributed by atoms with Gasteiger partial charge in [0.05, 0.1) is 13.2 Å². The molecule has 0 radical (unpaired) electrons. The van der Waals surface area contributed by atoms with Crippen molar-refractivity contribution in [3.05, 3.63) is 58.6 Å². The van der Waals surface area contributed by atoms with Crippen LogP contribution in [0.2, 0.25) is 5.02 Å². The largest absolute Gasteiger partial charge is 0.454 e. The molecule has 0 aromatic heterocycles. The number of hydrogen-bond donors (Lipinski definition) is 1. The number of nitrogens with zero attached hydrogens (tertiary/aromatic N) is 1. The molecule has 0 spiro atoms. The Hall–Kier alpha value is -2.44. The molecule has 2 heterocycles. The molecule has 2 aliphatic rings. The molecule has 0 aliphatic carbocycles. The van der Waals surface area contributed by atoms with Gasteiger partial charge in [0.1, 0.15) is 6.10 Å². The number of carbonyl (C=O) groups excluding carboxylic acids is 1. The quantitative estimate of drug-likeness (QED) is 0.872. The molecule has 1 unspecified atom stereocenters. The Balaban J connectivity index is 1.28. The van der Waals surface area contributed by atoms with Crippen LogP contribution in [0.25, 0.3) is 0 Å². The molecule has 1 fully saturated rings. The van der Waals surface area contributed by atoms with Gasteiger partial charge in [-0.1, -0.05) is 29.8 Å². The summed E-state index contributed by atoms with van der Waals surface area (Å²) in [6, 6.07) is 13.3. The zero-order valence-electron chi connectivity index (χ0n) is 14.8. The maximum absolute atomic E-state index is 12.5. The van der Waals surface area contributed by atoms with Crippen molar-refractivity contribution < 1.29 is 19.0 Å². The monoisotopic (exact) mass is 388 g/mol. The van der Waals surface area contributed by atoms with Gasteiger partial charge in [-0.3, -0.25) is 0 Å². The SMILES string of the molecule is O=C(NCCc1ccc2c(c1)OCO2)N1CCOC(c2ccc(Cl)cc2)C1. The highest BCUT2D eigenvalue weighted by Crippen LogP contribution is 2.32. The molecular formula is C20H21ClN2O4. The number of hydrogen-bond acceptors (Lipinski definition) is 4. The number of fused-ring (bicyclic) bond motifs is 1. The van der Waals surface area contributed by atoms with Crippen LogP contribution in [0.3, 0.4) is 0 Å². The van der Waals surface area contributed by atoms with Crippen molar-refractivity contribution in [3.63, 3.8) is 0 Å². The van der Waals surface area contributed by atoms with E-state index in [0.29, 0.717) is 31.3 Å². The summed E-state index contributed by atoms with van der Waals surface area (Å²) < 4.78 is 16.5. The number of nitrogens with one attached hydrogen (secondary N) is 1. The van der Waals surface area contributed by atoms with Crippen LogP contribution in [-0.2, 0) is 11.2 Å². The minimum Gasteiger partial charge on any atom is -0.454 e. The first kappa shape index (κ1) is 17.9. The predicted octanol–water partition coefficient (Wildman–Crippen LogP) is 3.39. The molecule has 2 aliphatic heterocycles. The molecule has 0 bridgehead atoms. The number of rotatable bonds is 4. The van der Waals surface area contributed by atoms with Crippen molar-refractivity contribution in [1.29, 1.82) is 0 Å². The van der Waals surface area contributed by atoms with E-state index >= 15 is 0 Å². The molecule has 2 aromatic rings. The fourth-order valence-electron chi connectivity index (χ4n) is 3.23. The minimum atomic E-state index is -0.129. The molecule has 2 amide bonds. The first-order valence-electron chi connectivity index (χ1n) is 8.97. The molecule has 1 atom stereocenters. The standard InChI is InChI=1S/C20H21ClN2O4/c21-16-4-2-15(3-5-16)19-12-23(9-10-25-19)20(24)22-8-7-14-1-6-17-18(11-14)27-13-26-17/h1-6,11,19H,7-10,12-13H2,(H,22,24). The smallest absolute Gasteiger partial charge is 0.317 e. The molecule has 1 N–H and O–H groups in total. The summed E-state index contributed by atoms with van der Waals surface area (Å²) in [5.41, 5.74) is 2.12. The molecule has 1 saturated heterocycles. The third kappa shape index (κ3) is 4.28. The van der Waals surface area contributed by atoms with Crippen LogP contribution in [0.4, 0.5) is 4.79 Å². The van der Waals surface area contributed by atoms with Gasteiger partial charge in [0.15, 0.2) is 11.5 Å². The van der Waals surface area contributed by atoms with Gasteiger partial charge in [0, 0.05) is 18.1 Å². The maximum atomic E-state index is 12.5. The normalized spacial score (nSPS) is 18.4. The van der Waals surface area contributed by atoms with Crippen LogP contribution in [0.1, 0.15) is 17.2 Å². The Kier molecular flexibility index (Phi) is 5.36. The summed E-state index contributed by atoms with van der Waals surface area (Å²) in [5, 5.41) is 3.68. The van der Waals surface area contributed by atoms with Gasteiger partial charge >= 0.3 is 6.03 Å². The first-order valence-corrected chi connectivity index (χ1v) is 9.35. The molecule has 6 nitrogen and oxygen atoms in total. The number of urea groups is 1. The highest BCUT2D eigenvalue weighted by atomic mass is 35.5. The van der Waals surface area contributed by atoms with E-state index in [1.807, 2.05) is 42.5 Å². The summed E-state index contributed by atoms with van der Waals surface area (Å²) >= 11 is 5.94. The van der Waals surface area contributed by atoms with E-state index in [-0.39, 0.29) is 18.9 Å². The second-order valence-electron chi connectivity index (χ2n) is 6.53. The van der Waals surface area contributed by atoms with E-state index in [9.17, 15) is 4.79 Å². The van der Waals surface area contributed by atoms with Gasteiger partial charge in [-0.05, 0) is 41.8 Å². The average Bonchev–Trinajstić information content (AvgIpc) is 3.16. The lowest BCUT2D eigenvalue weighted by Gasteiger charge is -2.33. The highest BCUT2D eigenvalue weighted by Gasteiger charge is 2.25. The Morgan fingerprint density at radius 2 is 1.96 bits per heavy atom. The molecule has 2 aromatic carbocycles. The van der Waals surface area contributed by atoms with Crippen molar-refractivity contribution >= 4 is 17.6 Å². The summed E-state index contributed by atoms with van der Waals surface area (Å²) in [6.07, 6.45) is 0.600. The number of carbonyl (C=O) groups is 1. The Bertz CT molecular complexity index is 812. The lowest BCUT2D eigenvalue weighted by Crippen LogP contribution is -2.47. The number of morpholine rings is 1. The first-order chi connectivity index (χ1) is 13.2. The summed E-state index contributed by atoms with van der Waals surface area (Å²) in [7, 11) is 0. The van der Waals surface area contributed by atoms with Crippen LogP contribution in [0, 0.1) is 0 Å². The Morgan fingerprint density at radius 3 is 2.81 bits per heavy atom. The number of ether oxygens (including phenoxy) is 3. The number of halogens is 1. The maximum Gasteiger partial charge on any atom is 0.317 e. The summed E-state index contributed by atoms with van der Waals surface area (Å²) in [6.45, 7) is 2.45. The van der Waals surface area contributed by atoms with Crippen LogP contribution in [-0.4, -0.2) is 44.0 Å². The van der Waals surface area contributed by atoms with Crippen molar-refractivity contribution in [2.24, 2.45) is 0 Å². The molecule has 4 rings (SSSR count). The van der Waals surface area contributed by atoms with E-state index in [1.54, 1.807) is 4.90 Å². The average molecular weight is 389 g/mol. The van der Waals surface area contributed by atoms with Crippen LogP contribution < -0.4 is 14.8 Å². The number of amides is 2. The van der Waals surface area contributed by atoms with Gasteiger partial charge in [-0.15, -0.1) is 0 Å². The topological polar surface area (TPSA) is 60.0 Å². The van der Waals surface area contributed by atoms with Crippen LogP contribution >= 0.6 is 11.6 Å². The zero-order chi connectivity index (χ0) is 18.6. The highest BCUT2D eigenvalue weighted by molar-refractivity contribution is 6.30. The molecule has 0 saturated carbocycles. The summed E-state index contributed by atoms with van der Waals surface area (Å²) in [4.78, 5) is 14.3. The lowest BCUT2D eigenvalue weighted by molar-refractivity contribution is -0.0153. The lowest BCUT2D eigenvalue weighted by atomic mass is 10.1. The number of benzene rings is 2. The van der Waals surface area contributed by atoms with E-state index in [1.165, 1.54) is 0 Å². The van der Waals surface area contributed by atoms with E-state index in [4.69, 9.17) is 25.8 Å². The van der Waals surface area contributed by atoms with Crippen LogP contribution in [0.5, 0.6) is 11.5 Å². The van der Waals surface area contributed by atoms with E-state index < -0.39 is 0 Å².